The molecule has 0 aromatic heterocycles. The molecule has 3 atom stereocenters. The van der Waals surface area contributed by atoms with Gasteiger partial charge in [-0.3, -0.25) is 4.79 Å². The fourth-order valence-electron chi connectivity index (χ4n) is 3.73. The van der Waals surface area contributed by atoms with Gasteiger partial charge >= 0.3 is 0 Å². The maximum atomic E-state index is 13.4. The maximum Gasteiger partial charge on any atom is 0.223 e. The van der Waals surface area contributed by atoms with Crippen LogP contribution in [-0.4, -0.2) is 11.7 Å². The largest absolute Gasteiger partial charge is 0.349 e. The van der Waals surface area contributed by atoms with Gasteiger partial charge in [-0.2, -0.15) is 0 Å². The van der Waals surface area contributed by atoms with Crippen LogP contribution in [0.5, 0.6) is 0 Å². The minimum atomic E-state index is -0.215. The van der Waals surface area contributed by atoms with Gasteiger partial charge in [0.15, 0.2) is 0 Å². The zero-order chi connectivity index (χ0) is 13.7. The monoisotopic (exact) mass is 291 g/mol. The van der Waals surface area contributed by atoms with Crippen molar-refractivity contribution < 1.29 is 9.18 Å². The summed E-state index contributed by atoms with van der Waals surface area (Å²) in [5, 5.41) is 3.17. The molecule has 0 bridgehead atoms. The van der Waals surface area contributed by atoms with Crippen LogP contribution in [0.15, 0.2) is 23.1 Å². The summed E-state index contributed by atoms with van der Waals surface area (Å²) in [5.41, 5.74) is 0.956. The van der Waals surface area contributed by atoms with Crippen LogP contribution in [0.2, 0.25) is 0 Å². The molecule has 3 aliphatic rings. The number of fused-ring (bicyclic) bond motifs is 2. The molecule has 1 aromatic carbocycles. The van der Waals surface area contributed by atoms with E-state index in [0.29, 0.717) is 0 Å². The van der Waals surface area contributed by atoms with Gasteiger partial charge in [0.2, 0.25) is 5.91 Å². The highest BCUT2D eigenvalue weighted by atomic mass is 32.2. The lowest BCUT2D eigenvalue weighted by molar-refractivity contribution is -0.125. The average Bonchev–Trinajstić information content (AvgIpc) is 3.06. The van der Waals surface area contributed by atoms with Gasteiger partial charge in [-0.25, -0.2) is 4.39 Å². The Morgan fingerprint density at radius 3 is 2.85 bits per heavy atom. The standard InChI is InChI=1S/C16H18FNOS/c17-12-1-2-15-13(8-12)14(3-4-20-15)18-16(19)11-6-9-5-10(9)7-11/h1-2,8-11,14H,3-7H2,(H,18,19). The first-order chi connectivity index (χ1) is 9.70. The van der Waals surface area contributed by atoms with Crippen LogP contribution < -0.4 is 5.32 Å². The summed E-state index contributed by atoms with van der Waals surface area (Å²) in [5.74, 6) is 2.79. The summed E-state index contributed by atoms with van der Waals surface area (Å²) in [6, 6.07) is 4.91. The lowest BCUT2D eigenvalue weighted by Crippen LogP contribution is -2.35. The van der Waals surface area contributed by atoms with E-state index in [2.05, 4.69) is 5.32 Å². The Balaban J connectivity index is 1.49. The molecule has 1 N–H and O–H groups in total. The smallest absolute Gasteiger partial charge is 0.223 e. The number of amides is 1. The van der Waals surface area contributed by atoms with E-state index >= 15 is 0 Å². The van der Waals surface area contributed by atoms with Gasteiger partial charge < -0.3 is 5.32 Å². The van der Waals surface area contributed by atoms with Crippen molar-refractivity contribution in [2.75, 3.05) is 5.75 Å². The van der Waals surface area contributed by atoms with Gasteiger partial charge in [-0.05, 0) is 61.3 Å². The third-order valence-electron chi connectivity index (χ3n) is 4.94. The van der Waals surface area contributed by atoms with Crippen LogP contribution >= 0.6 is 11.8 Å². The quantitative estimate of drug-likeness (QED) is 0.903. The van der Waals surface area contributed by atoms with Gasteiger partial charge in [-0.15, -0.1) is 11.8 Å². The van der Waals surface area contributed by atoms with Crippen molar-refractivity contribution in [1.29, 1.82) is 0 Å². The molecule has 4 heteroatoms. The van der Waals surface area contributed by atoms with Crippen molar-refractivity contribution in [3.63, 3.8) is 0 Å². The van der Waals surface area contributed by atoms with E-state index in [0.717, 1.165) is 47.3 Å². The van der Waals surface area contributed by atoms with E-state index < -0.39 is 0 Å². The Hall–Kier alpha value is -1.03. The second kappa shape index (κ2) is 4.76. The van der Waals surface area contributed by atoms with Gasteiger partial charge in [0, 0.05) is 16.6 Å². The molecule has 0 spiro atoms. The Morgan fingerprint density at radius 2 is 2.05 bits per heavy atom. The molecule has 106 valence electrons. The Bertz CT molecular complexity index is 551. The molecule has 1 aliphatic heterocycles. The predicted octanol–water partition coefficient (Wildman–Crippen LogP) is 3.52. The number of rotatable bonds is 2. The lowest BCUT2D eigenvalue weighted by atomic mass is 9.99. The Kier molecular flexibility index (Phi) is 3.02. The minimum Gasteiger partial charge on any atom is -0.349 e. The summed E-state index contributed by atoms with van der Waals surface area (Å²) in [7, 11) is 0. The van der Waals surface area contributed by atoms with Crippen molar-refractivity contribution in [3.05, 3.63) is 29.6 Å². The van der Waals surface area contributed by atoms with Crippen molar-refractivity contribution >= 4 is 17.7 Å². The highest BCUT2D eigenvalue weighted by Gasteiger charge is 2.48. The van der Waals surface area contributed by atoms with E-state index in [1.165, 1.54) is 12.5 Å². The molecule has 2 saturated carbocycles. The number of benzene rings is 1. The highest BCUT2D eigenvalue weighted by molar-refractivity contribution is 7.99. The molecule has 2 aliphatic carbocycles. The van der Waals surface area contributed by atoms with E-state index in [4.69, 9.17) is 0 Å². The molecule has 0 radical (unpaired) electrons. The zero-order valence-corrected chi connectivity index (χ0v) is 12.1. The van der Waals surface area contributed by atoms with Crippen LogP contribution in [0.3, 0.4) is 0 Å². The number of carbonyl (C=O) groups excluding carboxylic acids is 1. The van der Waals surface area contributed by atoms with E-state index in [-0.39, 0.29) is 23.7 Å². The third-order valence-corrected chi connectivity index (χ3v) is 6.06. The maximum absolute atomic E-state index is 13.4. The Labute approximate surface area is 122 Å². The SMILES string of the molecule is O=C(NC1CCSc2ccc(F)cc21)C1CC2CC2C1. The van der Waals surface area contributed by atoms with Crippen LogP contribution in [-0.2, 0) is 4.79 Å². The van der Waals surface area contributed by atoms with Crippen molar-refractivity contribution in [1.82, 2.24) is 5.32 Å². The molecular formula is C16H18FNOS. The second-order valence-corrected chi connectivity index (χ2v) is 7.44. The molecule has 3 unspecified atom stereocenters. The van der Waals surface area contributed by atoms with E-state index in [1.807, 2.05) is 6.07 Å². The number of thioether (sulfide) groups is 1. The Morgan fingerprint density at radius 1 is 1.25 bits per heavy atom. The molecule has 2 fully saturated rings. The number of hydrogen-bond acceptors (Lipinski definition) is 2. The summed E-state index contributed by atoms with van der Waals surface area (Å²) >= 11 is 1.75. The number of nitrogens with one attached hydrogen (secondary N) is 1. The molecule has 4 rings (SSSR count). The van der Waals surface area contributed by atoms with E-state index in [9.17, 15) is 9.18 Å². The second-order valence-electron chi connectivity index (χ2n) is 6.30. The van der Waals surface area contributed by atoms with Crippen LogP contribution in [0, 0.1) is 23.6 Å². The third kappa shape index (κ3) is 2.24. The zero-order valence-electron chi connectivity index (χ0n) is 11.3. The minimum absolute atomic E-state index is 0.00798. The topological polar surface area (TPSA) is 29.1 Å². The summed E-state index contributed by atoms with van der Waals surface area (Å²) in [4.78, 5) is 13.5. The normalized spacial score (nSPS) is 34.2. The predicted molar refractivity (Wildman–Crippen MR) is 76.9 cm³/mol. The molecule has 1 amide bonds. The van der Waals surface area contributed by atoms with Crippen LogP contribution in [0.4, 0.5) is 4.39 Å². The average molecular weight is 291 g/mol. The van der Waals surface area contributed by atoms with Crippen LogP contribution in [0.25, 0.3) is 0 Å². The summed E-state index contributed by atoms with van der Waals surface area (Å²) in [6.07, 6.45) is 4.35. The molecule has 0 saturated heterocycles. The summed E-state index contributed by atoms with van der Waals surface area (Å²) < 4.78 is 13.4. The van der Waals surface area contributed by atoms with Crippen molar-refractivity contribution in [2.45, 2.75) is 36.6 Å². The fraction of sp³-hybridized carbons (Fsp3) is 0.562. The number of carbonyl (C=O) groups is 1. The first-order valence-electron chi connectivity index (χ1n) is 7.43. The van der Waals surface area contributed by atoms with Gasteiger partial charge in [-0.1, -0.05) is 0 Å². The van der Waals surface area contributed by atoms with Gasteiger partial charge in [0.25, 0.3) is 0 Å². The highest BCUT2D eigenvalue weighted by Crippen LogP contribution is 2.54. The van der Waals surface area contributed by atoms with E-state index in [1.54, 1.807) is 17.8 Å². The number of hydrogen-bond donors (Lipinski definition) is 1. The molecule has 1 aromatic rings. The van der Waals surface area contributed by atoms with Crippen LogP contribution in [0.1, 0.15) is 37.3 Å². The number of halogens is 1. The molecular weight excluding hydrogens is 273 g/mol. The first-order valence-corrected chi connectivity index (χ1v) is 8.42. The molecule has 1 heterocycles. The lowest BCUT2D eigenvalue weighted by Gasteiger charge is -2.27. The first kappa shape index (κ1) is 12.7. The van der Waals surface area contributed by atoms with Gasteiger partial charge in [0.05, 0.1) is 6.04 Å². The summed E-state index contributed by atoms with van der Waals surface area (Å²) in [6.45, 7) is 0. The van der Waals surface area contributed by atoms with Gasteiger partial charge in [0.1, 0.15) is 5.82 Å². The van der Waals surface area contributed by atoms with Crippen molar-refractivity contribution in [3.8, 4) is 0 Å². The molecule has 20 heavy (non-hydrogen) atoms. The van der Waals surface area contributed by atoms with Crippen molar-refractivity contribution in [2.24, 2.45) is 17.8 Å². The molecule has 2 nitrogen and oxygen atoms in total. The fourth-order valence-corrected chi connectivity index (χ4v) is 4.84.